The number of hydrogen-bond acceptors (Lipinski definition) is 3. The first-order valence-electron chi connectivity index (χ1n) is 11.5. The Morgan fingerprint density at radius 3 is 2.70 bits per heavy atom. The van der Waals surface area contributed by atoms with Crippen molar-refractivity contribution in [2.45, 2.75) is 71.0 Å². The zero-order chi connectivity index (χ0) is 21.7. The van der Waals surface area contributed by atoms with Crippen molar-refractivity contribution in [3.05, 3.63) is 59.2 Å². The fourth-order valence-electron chi connectivity index (χ4n) is 5.20. The van der Waals surface area contributed by atoms with Crippen molar-refractivity contribution in [2.75, 3.05) is 0 Å². The quantitative estimate of drug-likeness (QED) is 0.499. The van der Waals surface area contributed by atoms with Gasteiger partial charge in [0.05, 0.1) is 12.2 Å². The minimum absolute atomic E-state index is 0.113. The van der Waals surface area contributed by atoms with Crippen molar-refractivity contribution in [1.82, 2.24) is 0 Å². The molecule has 0 heterocycles. The number of hydrogen-bond donors (Lipinski definition) is 3. The highest BCUT2D eigenvalue weighted by Gasteiger charge is 2.43. The number of allylic oxidation sites excluding steroid dienone is 2. The van der Waals surface area contributed by atoms with Gasteiger partial charge in [0.1, 0.15) is 0 Å². The third-order valence-electron chi connectivity index (χ3n) is 6.87. The Bertz CT molecular complexity index is 767. The number of unbranched alkanes of at least 4 members (excludes halogenated alkanes) is 1. The molecule has 0 spiro atoms. The van der Waals surface area contributed by atoms with E-state index < -0.39 is 12.0 Å². The van der Waals surface area contributed by atoms with Crippen molar-refractivity contribution in [2.24, 2.45) is 29.4 Å². The summed E-state index contributed by atoms with van der Waals surface area (Å²) in [4.78, 5) is 11.2. The Balaban J connectivity index is 1.55. The highest BCUT2D eigenvalue weighted by Crippen LogP contribution is 2.47. The molecule has 0 saturated heterocycles. The predicted molar refractivity (Wildman–Crippen MR) is 121 cm³/mol. The lowest BCUT2D eigenvalue weighted by molar-refractivity contribution is 0.1000. The van der Waals surface area contributed by atoms with Crippen molar-refractivity contribution in [3.63, 3.8) is 0 Å². The van der Waals surface area contributed by atoms with E-state index in [9.17, 15) is 15.0 Å². The van der Waals surface area contributed by atoms with Gasteiger partial charge in [-0.1, -0.05) is 69.0 Å². The van der Waals surface area contributed by atoms with Crippen LogP contribution >= 0.6 is 0 Å². The topological polar surface area (TPSA) is 83.5 Å². The van der Waals surface area contributed by atoms with Gasteiger partial charge in [0.15, 0.2) is 0 Å². The fraction of sp³-hybridized carbons (Fsp3) is 0.577. The van der Waals surface area contributed by atoms with Crippen LogP contribution in [0, 0.1) is 23.7 Å². The number of aliphatic hydroxyl groups is 2. The molecule has 1 saturated carbocycles. The molecule has 4 N–H and O–H groups in total. The van der Waals surface area contributed by atoms with Gasteiger partial charge in [-0.05, 0) is 61.1 Å². The molecule has 0 bridgehead atoms. The van der Waals surface area contributed by atoms with Crippen LogP contribution in [0.1, 0.15) is 68.3 Å². The summed E-state index contributed by atoms with van der Waals surface area (Å²) in [7, 11) is 0. The van der Waals surface area contributed by atoms with Crippen molar-refractivity contribution in [1.29, 1.82) is 0 Å². The number of amides is 1. The van der Waals surface area contributed by atoms with Gasteiger partial charge in [0.2, 0.25) is 5.91 Å². The summed E-state index contributed by atoms with van der Waals surface area (Å²) >= 11 is 0. The summed E-state index contributed by atoms with van der Waals surface area (Å²) < 4.78 is 0. The lowest BCUT2D eigenvalue weighted by atomic mass is 9.88. The largest absolute Gasteiger partial charge is 0.392 e. The van der Waals surface area contributed by atoms with Gasteiger partial charge in [-0.2, -0.15) is 0 Å². The lowest BCUT2D eigenvalue weighted by Gasteiger charge is -2.19. The van der Waals surface area contributed by atoms with E-state index in [0.717, 1.165) is 32.1 Å². The number of primary amides is 1. The molecule has 30 heavy (non-hydrogen) atoms. The van der Waals surface area contributed by atoms with Crippen LogP contribution in [-0.2, 0) is 6.42 Å². The van der Waals surface area contributed by atoms with Crippen LogP contribution < -0.4 is 5.73 Å². The summed E-state index contributed by atoms with van der Waals surface area (Å²) in [6.45, 7) is 4.40. The molecule has 6 atom stereocenters. The van der Waals surface area contributed by atoms with E-state index in [1.807, 2.05) is 18.2 Å². The molecule has 2 aliphatic rings. The summed E-state index contributed by atoms with van der Waals surface area (Å²) in [6, 6.07) is 7.51. The summed E-state index contributed by atoms with van der Waals surface area (Å²) in [5, 5.41) is 21.0. The maximum absolute atomic E-state index is 11.2. The Labute approximate surface area is 180 Å². The second kappa shape index (κ2) is 10.4. The highest BCUT2D eigenvalue weighted by atomic mass is 16.3. The summed E-state index contributed by atoms with van der Waals surface area (Å²) in [5.74, 6) is 1.06. The van der Waals surface area contributed by atoms with E-state index in [2.05, 4.69) is 26.0 Å². The van der Waals surface area contributed by atoms with Crippen molar-refractivity contribution >= 4 is 5.91 Å². The first-order chi connectivity index (χ1) is 14.4. The standard InChI is InChI=1S/C26H37NO3/c1-3-4-5-17(2)12-22(28)10-11-23-24-15-19(14-21(24)16-25(23)29)13-18-6-8-20(9-7-18)26(27)30/h6-11,14,17,21-25,28-29H,3-5,12-13,15-16H2,1-2H3,(H2,27,30)/b11-10+/t17-,21-,22+,23+,24-,25+/m0/s1. The molecule has 1 fully saturated rings. The molecule has 1 aromatic rings. The number of nitrogens with two attached hydrogens (primary N) is 1. The molecule has 2 aliphatic carbocycles. The van der Waals surface area contributed by atoms with Crippen LogP contribution in [0.2, 0.25) is 0 Å². The smallest absolute Gasteiger partial charge is 0.248 e. The number of benzene rings is 1. The number of fused-ring (bicyclic) bond motifs is 1. The minimum Gasteiger partial charge on any atom is -0.392 e. The van der Waals surface area contributed by atoms with Gasteiger partial charge in [0, 0.05) is 11.5 Å². The van der Waals surface area contributed by atoms with Gasteiger partial charge >= 0.3 is 0 Å². The molecule has 4 heteroatoms. The van der Waals surface area contributed by atoms with Gasteiger partial charge in [0.25, 0.3) is 0 Å². The van der Waals surface area contributed by atoms with Crippen molar-refractivity contribution in [3.8, 4) is 0 Å². The third kappa shape index (κ3) is 5.83. The molecule has 0 radical (unpaired) electrons. The van der Waals surface area contributed by atoms with Gasteiger partial charge < -0.3 is 15.9 Å². The number of rotatable bonds is 10. The molecule has 164 valence electrons. The third-order valence-corrected chi connectivity index (χ3v) is 6.87. The molecule has 0 unspecified atom stereocenters. The number of carbonyl (C=O) groups excluding carboxylic acids is 1. The van der Waals surface area contributed by atoms with Crippen molar-refractivity contribution < 1.29 is 15.0 Å². The SMILES string of the molecule is CCCC[C@H](C)C[C@H](O)/C=C/[C@@H]1[C@H]2CC(Cc3ccc(C(N)=O)cc3)=C[C@H]2C[C@H]1O. The van der Waals surface area contributed by atoms with Crippen LogP contribution in [0.15, 0.2) is 48.1 Å². The van der Waals surface area contributed by atoms with Gasteiger partial charge in [-0.25, -0.2) is 0 Å². The molecular formula is C26H37NO3. The lowest BCUT2D eigenvalue weighted by Crippen LogP contribution is -2.18. The average molecular weight is 412 g/mol. The number of aliphatic hydroxyl groups excluding tert-OH is 2. The maximum atomic E-state index is 11.2. The molecule has 0 aliphatic heterocycles. The predicted octanol–water partition coefficient (Wildman–Crippen LogP) is 4.40. The van der Waals surface area contributed by atoms with Gasteiger partial charge in [-0.15, -0.1) is 0 Å². The van der Waals surface area contributed by atoms with Crippen LogP contribution in [0.25, 0.3) is 0 Å². The molecule has 3 rings (SSSR count). The van der Waals surface area contributed by atoms with Gasteiger partial charge in [-0.3, -0.25) is 4.79 Å². The van der Waals surface area contributed by atoms with E-state index in [4.69, 9.17) is 5.73 Å². The summed E-state index contributed by atoms with van der Waals surface area (Å²) in [6.07, 6.45) is 12.6. The Morgan fingerprint density at radius 2 is 2.03 bits per heavy atom. The van der Waals surface area contributed by atoms with E-state index in [-0.39, 0.29) is 12.0 Å². The zero-order valence-electron chi connectivity index (χ0n) is 18.3. The molecule has 0 aromatic heterocycles. The van der Waals surface area contributed by atoms with E-state index >= 15 is 0 Å². The minimum atomic E-state index is -0.430. The molecular weight excluding hydrogens is 374 g/mol. The van der Waals surface area contributed by atoms with Crippen LogP contribution in [-0.4, -0.2) is 28.3 Å². The fourth-order valence-corrected chi connectivity index (χ4v) is 5.20. The Hall–Kier alpha value is -1.91. The van der Waals surface area contributed by atoms with E-state index in [1.165, 1.54) is 24.0 Å². The first kappa shape index (κ1) is 22.8. The normalized spacial score (nSPS) is 27.8. The monoisotopic (exact) mass is 411 g/mol. The highest BCUT2D eigenvalue weighted by molar-refractivity contribution is 5.92. The van der Waals surface area contributed by atoms with E-state index in [1.54, 1.807) is 12.1 Å². The Morgan fingerprint density at radius 1 is 1.30 bits per heavy atom. The first-order valence-corrected chi connectivity index (χ1v) is 11.5. The van der Waals surface area contributed by atoms with Crippen LogP contribution in [0.4, 0.5) is 0 Å². The van der Waals surface area contributed by atoms with Crippen LogP contribution in [0.3, 0.4) is 0 Å². The molecule has 4 nitrogen and oxygen atoms in total. The number of carbonyl (C=O) groups is 1. The average Bonchev–Trinajstić information content (AvgIpc) is 3.21. The molecule has 1 amide bonds. The second-order valence-electron chi connectivity index (χ2n) is 9.41. The van der Waals surface area contributed by atoms with E-state index in [0.29, 0.717) is 23.3 Å². The summed E-state index contributed by atoms with van der Waals surface area (Å²) in [5.41, 5.74) is 8.43. The molecule has 1 aromatic carbocycles. The zero-order valence-corrected chi connectivity index (χ0v) is 18.3. The van der Waals surface area contributed by atoms with Crippen LogP contribution in [0.5, 0.6) is 0 Å². The Kier molecular flexibility index (Phi) is 7.90. The second-order valence-corrected chi connectivity index (χ2v) is 9.41. The maximum Gasteiger partial charge on any atom is 0.248 e.